The van der Waals surface area contributed by atoms with Gasteiger partial charge in [0, 0.05) is 37.4 Å². The van der Waals surface area contributed by atoms with Gasteiger partial charge in [-0.2, -0.15) is 0 Å². The molecule has 14 rings (SSSR count). The minimum atomic E-state index is 0.00389. The van der Waals surface area contributed by atoms with Crippen molar-refractivity contribution in [1.82, 2.24) is 19.4 Å². The number of amidine groups is 1. The van der Waals surface area contributed by atoms with Crippen LogP contribution in [0.25, 0.3) is 56.9 Å². The summed E-state index contributed by atoms with van der Waals surface area (Å²) in [5.74, 6) is 3.06. The third kappa shape index (κ3) is 6.14. The van der Waals surface area contributed by atoms with E-state index < -0.39 is 0 Å². The highest BCUT2D eigenvalue weighted by atomic mass is 32.1. The number of pyridine rings is 1. The second-order valence-corrected chi connectivity index (χ2v) is 20.5. The van der Waals surface area contributed by atoms with E-state index in [1.54, 1.807) is 0 Å². The van der Waals surface area contributed by atoms with Crippen LogP contribution in [-0.4, -0.2) is 43.4 Å². The van der Waals surface area contributed by atoms with E-state index in [1.807, 2.05) is 11.3 Å². The van der Waals surface area contributed by atoms with Crippen molar-refractivity contribution in [3.8, 4) is 11.3 Å². The Kier molecular flexibility index (Phi) is 8.90. The molecule has 0 N–H and O–H groups in total. The molecule has 1 saturated carbocycles. The number of imidazole rings is 1. The standard InChI is InChI=1S/C60H51N5S/c1-2-14-40(15-3-1)58-62-50-20-7-9-22-52(50)64(58)45-29-25-38(26-30-45)41-34-42(36-43(35-41)56-55-48-18-5-11-24-54(48)66-57(55)47-17-4-6-19-49(47)61-56)39-27-31-46(32-28-39)65-53-23-10-8-21-51(53)63-59(65)60-33-13-12-16-44(60)37-60/h1-3,6-9,12-16,18-22,24-27,29,31-36,39,44-45,50,52H,4-5,10-11,17,23,28,30,37H2. The molecule has 5 aromatic rings. The van der Waals surface area contributed by atoms with E-state index in [1.165, 1.54) is 70.4 Å². The van der Waals surface area contributed by atoms with Gasteiger partial charge in [0.15, 0.2) is 0 Å². The first-order valence-electron chi connectivity index (χ1n) is 24.3. The summed E-state index contributed by atoms with van der Waals surface area (Å²) >= 11 is 1.98. The zero-order valence-corrected chi connectivity index (χ0v) is 37.9. The van der Waals surface area contributed by atoms with Crippen molar-refractivity contribution in [2.45, 2.75) is 87.2 Å². The van der Waals surface area contributed by atoms with Gasteiger partial charge in [0.1, 0.15) is 11.7 Å². The fraction of sp³-hybridized carbons (Fsp3) is 0.250. The zero-order chi connectivity index (χ0) is 43.3. The molecule has 66 heavy (non-hydrogen) atoms. The molecule has 0 spiro atoms. The summed E-state index contributed by atoms with van der Waals surface area (Å²) in [5, 5.41) is 2.73. The van der Waals surface area contributed by atoms with Crippen molar-refractivity contribution >= 4 is 62.8 Å². The average molecular weight is 874 g/mol. The van der Waals surface area contributed by atoms with E-state index >= 15 is 0 Å². The molecule has 4 heterocycles. The SMILES string of the molecule is C1=CC2N=C(c3ccccc3)N(C3C=CC(c4cc(-c5nc6c(c7sc8c(c57)=CCCC=8)CCC=C6)cc(C5C=CC(n6c(C78C=CC=CC7C8)nc7c6CCC=C7)=CC5)c4)=CC3)C2C=C1. The summed E-state index contributed by atoms with van der Waals surface area (Å²) in [5.41, 5.74) is 13.7. The van der Waals surface area contributed by atoms with Gasteiger partial charge in [-0.1, -0.05) is 140 Å². The lowest BCUT2D eigenvalue weighted by molar-refractivity contribution is 0.319. The second kappa shape index (κ2) is 15.2. The van der Waals surface area contributed by atoms with E-state index in [4.69, 9.17) is 15.0 Å². The maximum Gasteiger partial charge on any atom is 0.132 e. The normalized spacial score (nSPS) is 27.1. The van der Waals surface area contributed by atoms with Gasteiger partial charge in [0.2, 0.25) is 0 Å². The lowest BCUT2D eigenvalue weighted by atomic mass is 9.85. The highest BCUT2D eigenvalue weighted by molar-refractivity contribution is 7.17. The van der Waals surface area contributed by atoms with Gasteiger partial charge < -0.3 is 4.90 Å². The smallest absolute Gasteiger partial charge is 0.132 e. The average Bonchev–Trinajstić information content (AvgIpc) is 3.61. The molecule has 8 aliphatic carbocycles. The van der Waals surface area contributed by atoms with Crippen LogP contribution in [0.2, 0.25) is 0 Å². The quantitative estimate of drug-likeness (QED) is 0.164. The lowest BCUT2D eigenvalue weighted by Crippen LogP contribution is -2.45. The molecular formula is C60H51N5S. The summed E-state index contributed by atoms with van der Waals surface area (Å²) in [4.78, 5) is 18.8. The van der Waals surface area contributed by atoms with Gasteiger partial charge >= 0.3 is 0 Å². The van der Waals surface area contributed by atoms with E-state index in [-0.39, 0.29) is 29.5 Å². The molecule has 0 saturated heterocycles. The van der Waals surface area contributed by atoms with Crippen LogP contribution in [0.5, 0.6) is 0 Å². The Labute approximate surface area is 390 Å². The third-order valence-corrected chi connectivity index (χ3v) is 16.8. The highest BCUT2D eigenvalue weighted by Crippen LogP contribution is 2.58. The number of allylic oxidation sites excluding steroid dienone is 14. The van der Waals surface area contributed by atoms with Gasteiger partial charge in [0.05, 0.1) is 46.3 Å². The molecular weight excluding hydrogens is 823 g/mol. The molecule has 0 radical (unpaired) electrons. The molecule has 1 aliphatic heterocycles. The Morgan fingerprint density at radius 2 is 1.56 bits per heavy atom. The van der Waals surface area contributed by atoms with Gasteiger partial charge in [-0.25, -0.2) is 9.97 Å². The molecule has 6 atom stereocenters. The number of hydrogen-bond donors (Lipinski definition) is 0. The molecule has 3 aromatic heterocycles. The van der Waals surface area contributed by atoms with E-state index in [0.717, 1.165) is 80.7 Å². The largest absolute Gasteiger partial charge is 0.341 e. The summed E-state index contributed by atoms with van der Waals surface area (Å²) in [6, 6.07) is 18.7. The predicted octanol–water partition coefficient (Wildman–Crippen LogP) is 11.7. The highest BCUT2D eigenvalue weighted by Gasteiger charge is 2.56. The number of rotatable bonds is 7. The number of aliphatic imine (C=N–C) groups is 1. The van der Waals surface area contributed by atoms with Crippen LogP contribution in [0.3, 0.4) is 0 Å². The Morgan fingerprint density at radius 1 is 0.697 bits per heavy atom. The number of benzene rings is 2. The van der Waals surface area contributed by atoms with E-state index in [2.05, 4.69) is 180 Å². The van der Waals surface area contributed by atoms with Gasteiger partial charge in [0.25, 0.3) is 0 Å². The number of hydrogen-bond acceptors (Lipinski definition) is 5. The molecule has 9 aliphatic rings. The van der Waals surface area contributed by atoms with Crippen LogP contribution >= 0.6 is 11.3 Å². The van der Waals surface area contributed by atoms with Crippen LogP contribution in [0.1, 0.15) is 96.0 Å². The first kappa shape index (κ1) is 38.6. The lowest BCUT2D eigenvalue weighted by Gasteiger charge is -2.35. The Bertz CT molecular complexity index is 3390. The van der Waals surface area contributed by atoms with Gasteiger partial charge in [-0.05, 0) is 122 Å². The molecule has 322 valence electrons. The Morgan fingerprint density at radius 3 is 2.44 bits per heavy atom. The van der Waals surface area contributed by atoms with Crippen LogP contribution < -0.4 is 9.75 Å². The maximum absolute atomic E-state index is 5.62. The summed E-state index contributed by atoms with van der Waals surface area (Å²) < 4.78 is 5.38. The van der Waals surface area contributed by atoms with Crippen molar-refractivity contribution in [1.29, 1.82) is 0 Å². The van der Waals surface area contributed by atoms with Crippen molar-refractivity contribution in [3.05, 3.63) is 201 Å². The number of nitrogens with zero attached hydrogens (tertiary/aromatic N) is 5. The topological polar surface area (TPSA) is 46.3 Å². The van der Waals surface area contributed by atoms with Crippen molar-refractivity contribution in [3.63, 3.8) is 0 Å². The first-order chi connectivity index (χ1) is 32.7. The zero-order valence-electron chi connectivity index (χ0n) is 37.1. The van der Waals surface area contributed by atoms with Gasteiger partial charge in [-0.3, -0.25) is 9.56 Å². The van der Waals surface area contributed by atoms with E-state index in [0.29, 0.717) is 5.92 Å². The van der Waals surface area contributed by atoms with Crippen molar-refractivity contribution in [2.24, 2.45) is 10.9 Å². The number of thiophene rings is 1. The van der Waals surface area contributed by atoms with Gasteiger partial charge in [-0.15, -0.1) is 11.3 Å². The molecule has 0 amide bonds. The predicted molar refractivity (Wildman–Crippen MR) is 274 cm³/mol. The minimum Gasteiger partial charge on any atom is -0.341 e. The minimum absolute atomic E-state index is 0.00389. The van der Waals surface area contributed by atoms with Crippen LogP contribution in [0, 0.1) is 5.92 Å². The molecule has 6 heteroatoms. The Hall–Kier alpha value is -6.63. The maximum atomic E-state index is 5.62. The monoisotopic (exact) mass is 873 g/mol. The number of aromatic nitrogens is 3. The van der Waals surface area contributed by atoms with Crippen molar-refractivity contribution in [2.75, 3.05) is 0 Å². The molecule has 6 unspecified atom stereocenters. The van der Waals surface area contributed by atoms with E-state index in [9.17, 15) is 0 Å². The van der Waals surface area contributed by atoms with Crippen LogP contribution in [0.4, 0.5) is 0 Å². The molecule has 1 fully saturated rings. The molecule has 0 bridgehead atoms. The summed E-state index contributed by atoms with van der Waals surface area (Å²) in [6.07, 6.45) is 56.2. The Balaban J connectivity index is 0.864. The first-order valence-corrected chi connectivity index (χ1v) is 25.1. The summed E-state index contributed by atoms with van der Waals surface area (Å²) in [7, 11) is 0. The van der Waals surface area contributed by atoms with Crippen LogP contribution in [-0.2, 0) is 18.3 Å². The third-order valence-electron chi connectivity index (χ3n) is 15.6. The van der Waals surface area contributed by atoms with Crippen molar-refractivity contribution < 1.29 is 0 Å². The summed E-state index contributed by atoms with van der Waals surface area (Å²) in [6.45, 7) is 0. The number of aryl methyl sites for hydroxylation is 1. The molecule has 2 aromatic carbocycles. The fourth-order valence-electron chi connectivity index (χ4n) is 12.1. The molecule has 5 nitrogen and oxygen atoms in total. The van der Waals surface area contributed by atoms with Crippen LogP contribution in [0.15, 0.2) is 151 Å². The fourth-order valence-corrected chi connectivity index (χ4v) is 13.5. The number of fused-ring (bicyclic) bond motifs is 8. The second-order valence-electron chi connectivity index (χ2n) is 19.4.